The van der Waals surface area contributed by atoms with E-state index in [1.807, 2.05) is 0 Å². The topological polar surface area (TPSA) is 58.6 Å². The summed E-state index contributed by atoms with van der Waals surface area (Å²) < 4.78 is 42.7. The highest BCUT2D eigenvalue weighted by Crippen LogP contribution is 2.31. The Morgan fingerprint density at radius 2 is 1.96 bits per heavy atom. The smallest absolute Gasteiger partial charge is 0.416 e. The second-order valence-electron chi connectivity index (χ2n) is 5.71. The maximum atomic E-state index is 12.6. The second-order valence-corrected chi connectivity index (χ2v) is 5.71. The third-order valence-corrected chi connectivity index (χ3v) is 2.47. The first-order chi connectivity index (χ1) is 10.5. The highest BCUT2D eigenvalue weighted by Gasteiger charge is 2.30. The molecule has 0 aromatic heterocycles. The Kier molecular flexibility index (Phi) is 5.91. The molecule has 0 saturated carbocycles. The SMILES string of the molecule is CC(C)(C)OC(=O)NCCC#Cc1cc(C(F)(F)F)ccc1O. The average molecular weight is 329 g/mol. The van der Waals surface area contributed by atoms with Crippen molar-refractivity contribution in [3.05, 3.63) is 29.3 Å². The van der Waals surface area contributed by atoms with Gasteiger partial charge in [0.05, 0.1) is 11.1 Å². The van der Waals surface area contributed by atoms with Gasteiger partial charge in [0, 0.05) is 13.0 Å². The molecule has 1 aromatic rings. The van der Waals surface area contributed by atoms with E-state index in [2.05, 4.69) is 17.2 Å². The van der Waals surface area contributed by atoms with E-state index < -0.39 is 23.4 Å². The predicted molar refractivity (Wildman–Crippen MR) is 78.8 cm³/mol. The van der Waals surface area contributed by atoms with Crippen molar-refractivity contribution in [1.29, 1.82) is 0 Å². The first-order valence-electron chi connectivity index (χ1n) is 6.85. The molecule has 23 heavy (non-hydrogen) atoms. The highest BCUT2D eigenvalue weighted by atomic mass is 19.4. The monoisotopic (exact) mass is 329 g/mol. The molecule has 4 nitrogen and oxygen atoms in total. The molecule has 0 aliphatic rings. The number of amides is 1. The number of phenolic OH excluding ortho intramolecular Hbond substituents is 1. The summed E-state index contributed by atoms with van der Waals surface area (Å²) in [5.41, 5.74) is -1.61. The molecule has 126 valence electrons. The van der Waals surface area contributed by atoms with E-state index in [1.165, 1.54) is 0 Å². The molecule has 2 N–H and O–H groups in total. The lowest BCUT2D eigenvalue weighted by Crippen LogP contribution is -2.32. The summed E-state index contributed by atoms with van der Waals surface area (Å²) in [6.07, 6.45) is -4.89. The van der Waals surface area contributed by atoms with Crippen molar-refractivity contribution in [2.45, 2.75) is 39.0 Å². The van der Waals surface area contributed by atoms with E-state index in [-0.39, 0.29) is 24.3 Å². The summed E-state index contributed by atoms with van der Waals surface area (Å²) in [5.74, 6) is 4.72. The third-order valence-electron chi connectivity index (χ3n) is 2.47. The number of hydrogen-bond donors (Lipinski definition) is 2. The van der Waals surface area contributed by atoms with E-state index in [4.69, 9.17) is 4.74 Å². The lowest BCUT2D eigenvalue weighted by molar-refractivity contribution is -0.137. The lowest BCUT2D eigenvalue weighted by Gasteiger charge is -2.19. The molecule has 1 aromatic carbocycles. The number of rotatable bonds is 2. The predicted octanol–water partition coefficient (Wildman–Crippen LogP) is 3.68. The van der Waals surface area contributed by atoms with Crippen LogP contribution in [0.1, 0.15) is 38.3 Å². The zero-order valence-electron chi connectivity index (χ0n) is 13.0. The summed E-state index contributed by atoms with van der Waals surface area (Å²) in [6, 6.07) is 2.51. The standard InChI is InChI=1S/C16H18F3NO3/c1-15(2,3)23-14(22)20-9-5-4-6-11-10-12(16(17,18)19)7-8-13(11)21/h7-8,10,21H,5,9H2,1-3H3,(H,20,22). The fourth-order valence-corrected chi connectivity index (χ4v) is 1.51. The molecule has 0 radical (unpaired) electrons. The van der Waals surface area contributed by atoms with Crippen molar-refractivity contribution < 1.29 is 27.8 Å². The van der Waals surface area contributed by atoms with Crippen LogP contribution in [-0.2, 0) is 10.9 Å². The van der Waals surface area contributed by atoms with Crippen LogP contribution >= 0.6 is 0 Å². The lowest BCUT2D eigenvalue weighted by atomic mass is 10.1. The van der Waals surface area contributed by atoms with Crippen LogP contribution in [-0.4, -0.2) is 23.3 Å². The molecule has 0 unspecified atom stereocenters. The Labute approximate surface area is 132 Å². The van der Waals surface area contributed by atoms with Gasteiger partial charge in [0.2, 0.25) is 0 Å². The van der Waals surface area contributed by atoms with Gasteiger partial charge in [0.15, 0.2) is 0 Å². The fraction of sp³-hybridized carbons (Fsp3) is 0.438. The van der Waals surface area contributed by atoms with Gasteiger partial charge in [-0.15, -0.1) is 0 Å². The molecule has 0 atom stereocenters. The van der Waals surface area contributed by atoms with Crippen LogP contribution < -0.4 is 5.32 Å². The molecule has 0 bridgehead atoms. The quantitative estimate of drug-likeness (QED) is 0.643. The van der Waals surface area contributed by atoms with Gasteiger partial charge in [-0.25, -0.2) is 4.79 Å². The minimum Gasteiger partial charge on any atom is -0.507 e. The molecular weight excluding hydrogens is 311 g/mol. The van der Waals surface area contributed by atoms with Crippen LogP contribution in [0.15, 0.2) is 18.2 Å². The Morgan fingerprint density at radius 1 is 1.30 bits per heavy atom. The number of aromatic hydroxyl groups is 1. The average Bonchev–Trinajstić information content (AvgIpc) is 2.36. The zero-order chi connectivity index (χ0) is 17.7. The number of hydrogen-bond acceptors (Lipinski definition) is 3. The van der Waals surface area contributed by atoms with Gasteiger partial charge in [-0.3, -0.25) is 0 Å². The number of alkyl halides is 3. The summed E-state index contributed by atoms with van der Waals surface area (Å²) >= 11 is 0. The summed E-state index contributed by atoms with van der Waals surface area (Å²) in [4.78, 5) is 11.4. The number of phenols is 1. The van der Waals surface area contributed by atoms with Gasteiger partial charge in [-0.1, -0.05) is 11.8 Å². The van der Waals surface area contributed by atoms with Crippen molar-refractivity contribution in [3.8, 4) is 17.6 Å². The van der Waals surface area contributed by atoms with Crippen LogP contribution in [0.25, 0.3) is 0 Å². The van der Waals surface area contributed by atoms with E-state index in [0.29, 0.717) is 0 Å². The maximum Gasteiger partial charge on any atom is 0.416 e. The molecule has 0 saturated heterocycles. The molecule has 7 heteroatoms. The Balaban J connectivity index is 2.59. The van der Waals surface area contributed by atoms with Gasteiger partial charge >= 0.3 is 12.3 Å². The Morgan fingerprint density at radius 3 is 2.52 bits per heavy atom. The molecule has 0 fully saturated rings. The van der Waals surface area contributed by atoms with Crippen molar-refractivity contribution in [3.63, 3.8) is 0 Å². The second kappa shape index (κ2) is 7.27. The summed E-state index contributed by atoms with van der Waals surface area (Å²) in [7, 11) is 0. The van der Waals surface area contributed by atoms with Crippen LogP contribution in [0.5, 0.6) is 5.75 Å². The van der Waals surface area contributed by atoms with Crippen LogP contribution in [0.4, 0.5) is 18.0 Å². The van der Waals surface area contributed by atoms with Gasteiger partial charge in [-0.2, -0.15) is 13.2 Å². The normalized spacial score (nSPS) is 11.4. The van der Waals surface area contributed by atoms with E-state index in [9.17, 15) is 23.1 Å². The number of carbonyl (C=O) groups is 1. The number of nitrogens with one attached hydrogen (secondary N) is 1. The minimum atomic E-state index is -4.50. The largest absolute Gasteiger partial charge is 0.507 e. The highest BCUT2D eigenvalue weighted by molar-refractivity contribution is 5.67. The van der Waals surface area contributed by atoms with Crippen LogP contribution in [0.2, 0.25) is 0 Å². The minimum absolute atomic E-state index is 0.114. The number of benzene rings is 1. The van der Waals surface area contributed by atoms with Crippen molar-refractivity contribution in [1.82, 2.24) is 5.32 Å². The number of alkyl carbamates (subject to hydrolysis) is 1. The number of carbonyl (C=O) groups excluding carboxylic acids is 1. The van der Waals surface area contributed by atoms with Crippen LogP contribution in [0.3, 0.4) is 0 Å². The Bertz CT molecular complexity index is 622. The molecular formula is C16H18F3NO3. The number of ether oxygens (including phenoxy) is 1. The molecule has 1 rings (SSSR count). The molecule has 0 heterocycles. The number of halogens is 3. The van der Waals surface area contributed by atoms with Gasteiger partial charge in [0.25, 0.3) is 0 Å². The molecule has 0 aliphatic carbocycles. The molecule has 0 spiro atoms. The third kappa shape index (κ3) is 6.96. The van der Waals surface area contributed by atoms with E-state index in [1.54, 1.807) is 20.8 Å². The fourth-order valence-electron chi connectivity index (χ4n) is 1.51. The van der Waals surface area contributed by atoms with Crippen molar-refractivity contribution >= 4 is 6.09 Å². The van der Waals surface area contributed by atoms with Gasteiger partial charge in [-0.05, 0) is 39.0 Å². The van der Waals surface area contributed by atoms with Crippen molar-refractivity contribution in [2.24, 2.45) is 0 Å². The molecule has 1 amide bonds. The summed E-state index contributed by atoms with van der Waals surface area (Å²) in [6.45, 7) is 5.36. The van der Waals surface area contributed by atoms with E-state index in [0.717, 1.165) is 18.2 Å². The Hall–Kier alpha value is -2.36. The maximum absolute atomic E-state index is 12.6. The first-order valence-corrected chi connectivity index (χ1v) is 6.85. The zero-order valence-corrected chi connectivity index (χ0v) is 13.0. The first kappa shape index (κ1) is 18.7. The van der Waals surface area contributed by atoms with Gasteiger partial charge in [0.1, 0.15) is 11.4 Å². The molecule has 0 aliphatic heterocycles. The van der Waals surface area contributed by atoms with Crippen LogP contribution in [0, 0.1) is 11.8 Å². The van der Waals surface area contributed by atoms with Gasteiger partial charge < -0.3 is 15.2 Å². The summed E-state index contributed by atoms with van der Waals surface area (Å²) in [5, 5.41) is 12.0. The van der Waals surface area contributed by atoms with E-state index >= 15 is 0 Å². The van der Waals surface area contributed by atoms with Crippen molar-refractivity contribution in [2.75, 3.05) is 6.54 Å².